The van der Waals surface area contributed by atoms with E-state index in [1.807, 2.05) is 0 Å². The Balaban J connectivity index is 1.99. The van der Waals surface area contributed by atoms with Gasteiger partial charge in [0.15, 0.2) is 6.17 Å². The smallest absolute Gasteiger partial charge is 0.182 e. The van der Waals surface area contributed by atoms with Crippen LogP contribution in [0.3, 0.4) is 0 Å². The van der Waals surface area contributed by atoms with Crippen LogP contribution in [-0.4, -0.2) is 48.2 Å². The Morgan fingerprint density at radius 2 is 1.67 bits per heavy atom. The number of rotatable bonds is 15. The average molecular weight is 338 g/mol. The van der Waals surface area contributed by atoms with Crippen molar-refractivity contribution in [1.29, 1.82) is 0 Å². The van der Waals surface area contributed by atoms with Crippen molar-refractivity contribution in [2.24, 2.45) is 4.99 Å². The molecule has 3 nitrogen and oxygen atoms in total. The maximum atomic E-state index is 9.34. The van der Waals surface area contributed by atoms with Gasteiger partial charge in [0.2, 0.25) is 0 Å². The van der Waals surface area contributed by atoms with Crippen LogP contribution in [0.15, 0.2) is 17.1 Å². The molecule has 0 radical (unpaired) electrons. The van der Waals surface area contributed by atoms with E-state index in [9.17, 15) is 5.11 Å². The van der Waals surface area contributed by atoms with Crippen molar-refractivity contribution in [2.75, 3.05) is 26.2 Å². The third-order valence-corrected chi connectivity index (χ3v) is 5.49. The van der Waals surface area contributed by atoms with Crippen LogP contribution in [0.5, 0.6) is 0 Å². The third-order valence-electron chi connectivity index (χ3n) is 5.49. The van der Waals surface area contributed by atoms with Gasteiger partial charge < -0.3 is 5.11 Å². The van der Waals surface area contributed by atoms with E-state index in [0.29, 0.717) is 6.17 Å². The zero-order valence-electron chi connectivity index (χ0n) is 16.3. The summed E-state index contributed by atoms with van der Waals surface area (Å²) in [7, 11) is 0. The lowest BCUT2D eigenvalue weighted by atomic mass is 10.1. The van der Waals surface area contributed by atoms with Gasteiger partial charge in [-0.1, -0.05) is 57.6 Å². The zero-order valence-corrected chi connectivity index (χ0v) is 16.3. The van der Waals surface area contributed by atoms with E-state index in [1.54, 1.807) is 0 Å². The van der Waals surface area contributed by atoms with Crippen LogP contribution in [0.4, 0.5) is 0 Å². The fraction of sp³-hybridized carbons (Fsp3) is 0.857. The summed E-state index contributed by atoms with van der Waals surface area (Å²) in [4.78, 5) is 4.70. The highest BCUT2D eigenvalue weighted by atomic mass is 16.3. The minimum absolute atomic E-state index is 0.279. The van der Waals surface area contributed by atoms with Crippen LogP contribution >= 0.6 is 0 Å². The summed E-state index contributed by atoms with van der Waals surface area (Å²) in [5, 5.41) is 9.34. The van der Waals surface area contributed by atoms with Gasteiger partial charge in [-0.05, 0) is 32.6 Å². The Morgan fingerprint density at radius 1 is 1.00 bits per heavy atom. The largest absolute Gasteiger partial charge is 0.391 e. The number of aliphatic hydroxyl groups is 1. The van der Waals surface area contributed by atoms with Crippen LogP contribution in [0.25, 0.3) is 0 Å². The van der Waals surface area contributed by atoms with Crippen molar-refractivity contribution in [3.8, 4) is 0 Å². The Morgan fingerprint density at radius 3 is 2.33 bits per heavy atom. The number of hydrogen-bond acceptors (Lipinski definition) is 2. The lowest BCUT2D eigenvalue weighted by Gasteiger charge is -2.37. The second-order valence-electron chi connectivity index (χ2n) is 7.29. The molecule has 0 fully saturated rings. The Labute approximate surface area is 150 Å². The molecule has 2 unspecified atom stereocenters. The molecular formula is C21H41N2O+. The summed E-state index contributed by atoms with van der Waals surface area (Å²) in [5.74, 6) is 0. The first-order chi connectivity index (χ1) is 11.8. The fourth-order valence-corrected chi connectivity index (χ4v) is 3.76. The molecule has 0 aromatic rings. The van der Waals surface area contributed by atoms with E-state index in [4.69, 9.17) is 4.99 Å². The van der Waals surface area contributed by atoms with Gasteiger partial charge in [0, 0.05) is 6.42 Å². The first kappa shape index (κ1) is 21.4. The minimum Gasteiger partial charge on any atom is -0.391 e. The highest BCUT2D eigenvalue weighted by molar-refractivity contribution is 5.60. The molecule has 1 rings (SSSR count). The second-order valence-corrected chi connectivity index (χ2v) is 7.29. The highest BCUT2D eigenvalue weighted by Gasteiger charge is 2.36. The predicted octanol–water partition coefficient (Wildman–Crippen LogP) is 5.09. The molecule has 0 aromatic carbocycles. The third kappa shape index (κ3) is 7.94. The molecule has 0 aromatic heterocycles. The average Bonchev–Trinajstić information content (AvgIpc) is 2.99. The summed E-state index contributed by atoms with van der Waals surface area (Å²) in [6.45, 7) is 7.69. The molecule has 2 atom stereocenters. The lowest BCUT2D eigenvalue weighted by Crippen LogP contribution is -2.53. The van der Waals surface area contributed by atoms with Gasteiger partial charge in [-0.15, -0.1) is 0 Å². The Kier molecular flexibility index (Phi) is 12.1. The molecule has 0 saturated carbocycles. The predicted molar refractivity (Wildman–Crippen MR) is 106 cm³/mol. The molecule has 0 bridgehead atoms. The van der Waals surface area contributed by atoms with Gasteiger partial charge in [0.25, 0.3) is 0 Å². The van der Waals surface area contributed by atoms with Crippen molar-refractivity contribution >= 4 is 6.21 Å². The summed E-state index contributed by atoms with van der Waals surface area (Å²) in [6.07, 6.45) is 21.6. The molecule has 0 saturated heterocycles. The zero-order chi connectivity index (χ0) is 17.5. The van der Waals surface area contributed by atoms with Crippen molar-refractivity contribution in [3.63, 3.8) is 0 Å². The molecule has 24 heavy (non-hydrogen) atoms. The molecule has 1 N–H and O–H groups in total. The van der Waals surface area contributed by atoms with Gasteiger partial charge in [-0.3, -0.25) is 4.48 Å². The quantitative estimate of drug-likeness (QED) is 0.252. The van der Waals surface area contributed by atoms with Crippen molar-refractivity contribution in [2.45, 2.75) is 90.6 Å². The molecule has 0 spiro atoms. The molecule has 1 heterocycles. The summed E-state index contributed by atoms with van der Waals surface area (Å²) >= 11 is 0. The van der Waals surface area contributed by atoms with Gasteiger partial charge >= 0.3 is 0 Å². The van der Waals surface area contributed by atoms with E-state index in [0.717, 1.165) is 24.1 Å². The summed E-state index contributed by atoms with van der Waals surface area (Å²) < 4.78 is 0.974. The SMILES string of the molecule is CCC/C=C/CCCCCCCCCC1N=CC[N+]1(CC)CCO. The van der Waals surface area contributed by atoms with Crippen LogP contribution in [-0.2, 0) is 0 Å². The van der Waals surface area contributed by atoms with E-state index >= 15 is 0 Å². The number of aliphatic hydroxyl groups excluding tert-OH is 1. The van der Waals surface area contributed by atoms with Gasteiger partial charge in [0.1, 0.15) is 13.1 Å². The first-order valence-electron chi connectivity index (χ1n) is 10.4. The number of nitrogens with zero attached hydrogens (tertiary/aromatic N) is 2. The molecule has 0 aliphatic carbocycles. The Bertz CT molecular complexity index is 354. The lowest BCUT2D eigenvalue weighted by molar-refractivity contribution is -0.936. The second kappa shape index (κ2) is 13.6. The standard InChI is InChI=1S/C21H41N2O/c1-3-5-6-7-8-9-10-11-12-13-14-15-16-21-22-17-18-23(21,4-2)19-20-24/h6-7,17,21,24H,3-5,8-16,18-20H2,1-2H3/q+1/b7-6+. The maximum Gasteiger partial charge on any atom is 0.182 e. The molecular weight excluding hydrogens is 296 g/mol. The molecule has 0 amide bonds. The van der Waals surface area contributed by atoms with Crippen LogP contribution in [0.2, 0.25) is 0 Å². The van der Waals surface area contributed by atoms with E-state index in [2.05, 4.69) is 32.2 Å². The maximum absolute atomic E-state index is 9.34. The first-order valence-corrected chi connectivity index (χ1v) is 10.4. The molecule has 1 aliphatic heterocycles. The summed E-state index contributed by atoms with van der Waals surface area (Å²) in [5.41, 5.74) is 0. The van der Waals surface area contributed by atoms with E-state index in [-0.39, 0.29) is 6.61 Å². The monoisotopic (exact) mass is 337 g/mol. The van der Waals surface area contributed by atoms with Gasteiger partial charge in [-0.2, -0.15) is 0 Å². The molecule has 3 heteroatoms. The van der Waals surface area contributed by atoms with Crippen molar-refractivity contribution in [3.05, 3.63) is 12.2 Å². The molecule has 1 aliphatic rings. The normalized spacial score (nSPS) is 23.5. The van der Waals surface area contributed by atoms with Crippen LogP contribution in [0.1, 0.15) is 84.5 Å². The minimum atomic E-state index is 0.279. The van der Waals surface area contributed by atoms with E-state index < -0.39 is 0 Å². The van der Waals surface area contributed by atoms with Gasteiger partial charge in [-0.25, -0.2) is 4.99 Å². The highest BCUT2D eigenvalue weighted by Crippen LogP contribution is 2.24. The fourth-order valence-electron chi connectivity index (χ4n) is 3.76. The number of allylic oxidation sites excluding steroid dienone is 2. The number of unbranched alkanes of at least 4 members (excludes halogenated alkanes) is 8. The van der Waals surface area contributed by atoms with Gasteiger partial charge in [0.05, 0.1) is 19.4 Å². The van der Waals surface area contributed by atoms with Crippen molar-refractivity contribution < 1.29 is 9.59 Å². The van der Waals surface area contributed by atoms with Crippen LogP contribution in [0, 0.1) is 0 Å². The number of quaternary nitrogens is 1. The topological polar surface area (TPSA) is 32.6 Å². The number of aliphatic imine (C=N–C) groups is 1. The van der Waals surface area contributed by atoms with Crippen LogP contribution < -0.4 is 0 Å². The number of hydrogen-bond donors (Lipinski definition) is 1. The molecule has 140 valence electrons. The summed E-state index contributed by atoms with van der Waals surface area (Å²) in [6, 6.07) is 0. The number of likely N-dealkylation sites (N-methyl/N-ethyl adjacent to an activating group) is 1. The van der Waals surface area contributed by atoms with E-state index in [1.165, 1.54) is 70.6 Å². The Hall–Kier alpha value is -0.670. The van der Waals surface area contributed by atoms with Crippen molar-refractivity contribution in [1.82, 2.24) is 0 Å².